The number of primary amides is 1. The van der Waals surface area contributed by atoms with Crippen molar-refractivity contribution >= 4 is 88.9 Å². The van der Waals surface area contributed by atoms with E-state index in [9.17, 15) is 72.8 Å². The largest absolute Gasteiger partial charge is 0.480 e. The van der Waals surface area contributed by atoms with Gasteiger partial charge in [0.1, 0.15) is 65.6 Å². The van der Waals surface area contributed by atoms with Crippen molar-refractivity contribution in [2.24, 2.45) is 22.5 Å². The molecule has 0 radical (unpaired) electrons. The Bertz CT molecular complexity index is 3680. The molecule has 0 unspecified atom stereocenters. The molecule has 542 valence electrons. The number of alkyl carbamates (subject to hydrolysis) is 1. The summed E-state index contributed by atoms with van der Waals surface area (Å²) in [5.41, 5.74) is -3.71. The van der Waals surface area contributed by atoms with Crippen LogP contribution in [0, 0.1) is 22.6 Å². The number of nitrogens with one attached hydrogen (secondary N) is 5. The van der Waals surface area contributed by atoms with E-state index in [4.69, 9.17) is 45.8 Å². The molecule has 2 saturated carbocycles. The number of ether oxygens (including phenoxy) is 6. The first-order valence-electron chi connectivity index (χ1n) is 32.5. The van der Waals surface area contributed by atoms with Crippen molar-refractivity contribution in [3.63, 3.8) is 0 Å². The zero-order chi connectivity index (χ0) is 74.0. The average molecular weight is 1420 g/mol. The quantitative estimate of drug-likeness (QED) is 0.0160. The van der Waals surface area contributed by atoms with Gasteiger partial charge < -0.3 is 81.2 Å². The monoisotopic (exact) mass is 1420 g/mol. The normalized spacial score (nSPS) is 25.1. The number of aliphatic hydroxyl groups is 3. The Morgan fingerprint density at radius 1 is 0.840 bits per heavy atom. The Labute approximate surface area is 580 Å². The molecule has 4 aliphatic rings. The molecule has 1 heterocycles. The smallest absolute Gasteiger partial charge is 0.408 e. The molecular weight excluding hydrogens is 1330 g/mol. The van der Waals surface area contributed by atoms with E-state index in [0.29, 0.717) is 5.56 Å². The number of esters is 4. The molecule has 3 aromatic carbocycles. The van der Waals surface area contributed by atoms with Gasteiger partial charge in [-0.2, -0.15) is 0 Å². The molecule has 6 amide bonds. The van der Waals surface area contributed by atoms with Gasteiger partial charge in [-0.15, -0.1) is 0 Å². The molecular formula is C70H86ClFN6O22. The molecule has 3 aromatic rings. The van der Waals surface area contributed by atoms with Crippen LogP contribution in [0.3, 0.4) is 0 Å². The number of ketones is 1. The number of carbonyl (C=O) groups is 12. The molecule has 1 aliphatic heterocycles. The zero-order valence-corrected chi connectivity index (χ0v) is 57.5. The van der Waals surface area contributed by atoms with Crippen LogP contribution >= 0.6 is 11.6 Å². The fourth-order valence-corrected chi connectivity index (χ4v) is 13.6. The Morgan fingerprint density at radius 2 is 1.50 bits per heavy atom. The minimum atomic E-state index is -2.55. The number of aliphatic hydroxyl groups excluding tert-OH is 2. The van der Waals surface area contributed by atoms with Gasteiger partial charge in [-0.05, 0) is 120 Å². The minimum Gasteiger partial charge on any atom is -0.480 e. The van der Waals surface area contributed by atoms with Crippen LogP contribution in [-0.4, -0.2) is 176 Å². The number of carboxylic acids is 1. The van der Waals surface area contributed by atoms with Gasteiger partial charge in [-0.1, -0.05) is 80.0 Å². The fourth-order valence-electron chi connectivity index (χ4n) is 13.4. The maximum absolute atomic E-state index is 15.4. The predicted molar refractivity (Wildman–Crippen MR) is 352 cm³/mol. The van der Waals surface area contributed by atoms with E-state index in [0.717, 1.165) is 25.1 Å². The average Bonchev–Trinajstić information content (AvgIpc) is 0.670. The molecule has 3 aliphatic carbocycles. The second-order valence-corrected chi connectivity index (χ2v) is 27.5. The topological polar surface area (TPSA) is 427 Å². The van der Waals surface area contributed by atoms with Crippen molar-refractivity contribution in [1.29, 1.82) is 0 Å². The summed E-state index contributed by atoms with van der Waals surface area (Å²) in [7, 11) is 0. The molecule has 0 spiro atoms. The van der Waals surface area contributed by atoms with Gasteiger partial charge in [-0.3, -0.25) is 38.4 Å². The summed E-state index contributed by atoms with van der Waals surface area (Å²) in [6.45, 7) is 12.4. The first-order chi connectivity index (χ1) is 46.8. The van der Waals surface area contributed by atoms with Gasteiger partial charge in [0, 0.05) is 50.6 Å². The highest BCUT2D eigenvalue weighted by molar-refractivity contribution is 6.32. The molecule has 100 heavy (non-hydrogen) atoms. The predicted octanol–water partition coefficient (Wildman–Crippen LogP) is 4.21. The van der Waals surface area contributed by atoms with Crippen molar-refractivity contribution < 1.29 is 111 Å². The zero-order valence-electron chi connectivity index (χ0n) is 56.8. The number of hydrogen-bond donors (Lipinski definition) is 10. The van der Waals surface area contributed by atoms with Gasteiger partial charge >= 0.3 is 35.9 Å². The lowest BCUT2D eigenvalue weighted by molar-refractivity contribution is -0.346. The van der Waals surface area contributed by atoms with Gasteiger partial charge in [0.15, 0.2) is 11.4 Å². The number of amides is 6. The van der Waals surface area contributed by atoms with Crippen LogP contribution in [0.15, 0.2) is 96.1 Å². The lowest BCUT2D eigenvalue weighted by Crippen LogP contribution is -2.81. The highest BCUT2D eigenvalue weighted by Gasteiger charge is 2.78. The Morgan fingerprint density at radius 3 is 2.10 bits per heavy atom. The first-order valence-corrected chi connectivity index (χ1v) is 32.9. The third-order valence-electron chi connectivity index (χ3n) is 18.7. The van der Waals surface area contributed by atoms with E-state index >= 15 is 9.59 Å². The van der Waals surface area contributed by atoms with Crippen LogP contribution in [0.5, 0.6) is 0 Å². The number of unbranched alkanes of at least 4 members (excludes halogenated alkanes) is 1. The minimum absolute atomic E-state index is 0.00948. The first kappa shape index (κ1) is 78.2. The van der Waals surface area contributed by atoms with Crippen molar-refractivity contribution in [3.8, 4) is 0 Å². The molecule has 7 rings (SSSR count). The van der Waals surface area contributed by atoms with Crippen molar-refractivity contribution in [2.45, 2.75) is 198 Å². The van der Waals surface area contributed by atoms with Crippen molar-refractivity contribution in [3.05, 3.63) is 124 Å². The second-order valence-electron chi connectivity index (χ2n) is 27.1. The summed E-state index contributed by atoms with van der Waals surface area (Å²) in [6, 6.07) is 13.1. The summed E-state index contributed by atoms with van der Waals surface area (Å²) in [6.07, 6.45) is -12.4. The lowest BCUT2D eigenvalue weighted by atomic mass is 9.44. The fraction of sp³-hybridized carbons (Fsp3) is 0.514. The third-order valence-corrected chi connectivity index (χ3v) is 19.0. The van der Waals surface area contributed by atoms with Crippen LogP contribution in [0.1, 0.15) is 148 Å². The van der Waals surface area contributed by atoms with Gasteiger partial charge in [0.25, 0.3) is 0 Å². The SMILES string of the molecule is CC(=O)O[C@@]12CO[C@@H]1C[C@H](O)[C@@]1(C)C(=O)[C@H](O)C3=C(C)[C@@H](OC(=O)[C@H](OC(=O)CCC(=O)NCCCC[C@H](NC(=O)CC[C@@H](NC(=O)[C@H](C)NC(=O)/C=C/c4ccc(F)cc4Cl)C(N)=O)C(=O)O)[C@@H](NC(=O)OC(C)(C)C)c4ccccc4)C[C@@](O)([C@@H](OC(=O)c4ccccc4)[C@H]21)C3(C)C. The summed E-state index contributed by atoms with van der Waals surface area (Å²) in [5.74, 6) is -13.2. The standard InChI is InChI=1S/C70H86ClFN6O22/c1-36-46(34-70(94)59(98-63(91)41-20-14-11-15-21-41)57-68(9,58(86)55(85)53(36)67(70,7)8)47(80)33-48-69(57,35-95-48)99-38(3)79)96-64(92)56(54(40-18-12-10-13-19-40)78-65(93)100-66(4,5)6)97-52(84)30-29-49(81)74-31-17-16-22-45(62(89)90)76-51(83)28-26-44(60(73)87)77-61(88)37(2)75-50(82)27-24-39-23-25-42(72)32-43(39)71/h10-15,18-21,23-25,27,32,37,44-48,54-57,59,80,85,94H,16-17,22,26,28-31,33-35H2,1-9H3,(H2,73,87)(H,74,81)(H,75,82)(H,76,83)(H,77,88)(H,78,93)(H,89,90)/b27-24+/t37-,44+,45-,46-,47-,48+,54-,55+,56+,57-,59-,68+,69-,70+/m0/s1. The molecule has 14 atom stereocenters. The van der Waals surface area contributed by atoms with Gasteiger partial charge in [0.05, 0.1) is 41.1 Å². The van der Waals surface area contributed by atoms with E-state index in [2.05, 4.69) is 26.6 Å². The Kier molecular flexibility index (Phi) is 25.4. The Hall–Kier alpha value is -9.16. The van der Waals surface area contributed by atoms with Gasteiger partial charge in [0.2, 0.25) is 35.6 Å². The summed E-state index contributed by atoms with van der Waals surface area (Å²) >= 11 is 5.98. The number of nitrogens with two attached hydrogens (primary N) is 1. The highest BCUT2D eigenvalue weighted by Crippen LogP contribution is 2.64. The number of Topliss-reactive ketones (excluding diaryl/α,β-unsaturated/α-hetero) is 1. The van der Waals surface area contributed by atoms with Crippen molar-refractivity contribution in [1.82, 2.24) is 26.6 Å². The number of rotatable bonds is 28. The molecule has 2 bridgehead atoms. The van der Waals surface area contributed by atoms with Crippen molar-refractivity contribution in [2.75, 3.05) is 13.2 Å². The summed E-state index contributed by atoms with van der Waals surface area (Å²) < 4.78 is 49.5. The summed E-state index contributed by atoms with van der Waals surface area (Å²) in [4.78, 5) is 162. The Balaban J connectivity index is 1.04. The van der Waals surface area contributed by atoms with E-state index in [-0.39, 0.29) is 65.9 Å². The third kappa shape index (κ3) is 18.1. The van der Waals surface area contributed by atoms with E-state index in [1.54, 1.807) is 57.2 Å². The molecule has 30 heteroatoms. The van der Waals surface area contributed by atoms with Crippen LogP contribution in [0.4, 0.5) is 9.18 Å². The number of fused-ring (bicyclic) bond motifs is 5. The van der Waals surface area contributed by atoms with Gasteiger partial charge in [-0.25, -0.2) is 23.6 Å². The second kappa shape index (κ2) is 32.4. The van der Waals surface area contributed by atoms with E-state index in [1.165, 1.54) is 71.0 Å². The lowest BCUT2D eigenvalue weighted by Gasteiger charge is -2.67. The van der Waals surface area contributed by atoms with Crippen LogP contribution in [0.25, 0.3) is 6.08 Å². The number of hydrogen-bond acceptors (Lipinski definition) is 21. The maximum Gasteiger partial charge on any atom is 0.408 e. The highest BCUT2D eigenvalue weighted by atomic mass is 35.5. The molecule has 1 saturated heterocycles. The molecule has 3 fully saturated rings. The van der Waals surface area contributed by atoms with Crippen LogP contribution in [0.2, 0.25) is 5.02 Å². The number of carbonyl (C=O) groups excluding carboxylic acids is 11. The summed E-state index contributed by atoms with van der Waals surface area (Å²) in [5, 5.41) is 60.7. The van der Waals surface area contributed by atoms with Crippen LogP contribution < -0.4 is 32.3 Å². The van der Waals surface area contributed by atoms with E-state index in [1.807, 2.05) is 0 Å². The number of carboxylic acid groups (broad SMARTS) is 1. The number of aliphatic carboxylic acids is 1. The maximum atomic E-state index is 15.4. The van der Waals surface area contributed by atoms with E-state index < -0.39 is 204 Å². The molecule has 28 nitrogen and oxygen atoms in total. The molecule has 0 aromatic heterocycles. The number of halogens is 2. The van der Waals surface area contributed by atoms with Crippen LogP contribution in [-0.2, 0) is 76.4 Å². The number of benzene rings is 3. The molecule has 11 N–H and O–H groups in total.